The van der Waals surface area contributed by atoms with Gasteiger partial charge in [-0.05, 0) is 12.8 Å². The molecule has 0 fully saturated rings. The second-order valence-corrected chi connectivity index (χ2v) is 3.36. The van der Waals surface area contributed by atoms with E-state index >= 15 is 0 Å². The Morgan fingerprint density at radius 1 is 1.31 bits per heavy atom. The van der Waals surface area contributed by atoms with Crippen molar-refractivity contribution in [3.05, 3.63) is 0 Å². The lowest BCUT2D eigenvalue weighted by Crippen LogP contribution is -2.35. The molecule has 4 nitrogen and oxygen atoms in total. The molecular weight excluding hydrogens is 172 g/mol. The van der Waals surface area contributed by atoms with Crippen LogP contribution in [0.5, 0.6) is 0 Å². The number of aliphatic carboxylic acids is 1. The van der Waals surface area contributed by atoms with Gasteiger partial charge in [0, 0.05) is 0 Å². The summed E-state index contributed by atoms with van der Waals surface area (Å²) in [6.45, 7) is 3.72. The molecule has 0 atom stereocenters. The van der Waals surface area contributed by atoms with E-state index in [0.717, 1.165) is 12.8 Å². The molecule has 0 aromatic heterocycles. The fraction of sp³-hybridized carbons (Fsp3) is 0.889. The third-order valence-electron chi connectivity index (χ3n) is 2.25. The molecule has 0 amide bonds. The average molecular weight is 190 g/mol. The highest BCUT2D eigenvalue weighted by molar-refractivity contribution is 5.74. The Morgan fingerprint density at radius 2 is 1.77 bits per heavy atom. The molecule has 0 spiro atoms. The maximum absolute atomic E-state index is 11.0. The molecule has 0 aromatic rings. The SMILES string of the molecule is CCCC(CCC)(COO)C(=O)O. The van der Waals surface area contributed by atoms with E-state index < -0.39 is 11.4 Å². The molecule has 2 N–H and O–H groups in total. The summed E-state index contributed by atoms with van der Waals surface area (Å²) in [5.74, 6) is -0.884. The molecule has 0 aliphatic carbocycles. The summed E-state index contributed by atoms with van der Waals surface area (Å²) in [5.41, 5.74) is -0.905. The van der Waals surface area contributed by atoms with E-state index in [4.69, 9.17) is 10.4 Å². The van der Waals surface area contributed by atoms with Gasteiger partial charge in [0.05, 0.1) is 12.0 Å². The minimum atomic E-state index is -0.905. The molecule has 0 aliphatic rings. The van der Waals surface area contributed by atoms with Crippen molar-refractivity contribution in [3.8, 4) is 0 Å². The van der Waals surface area contributed by atoms with Gasteiger partial charge in [-0.3, -0.25) is 10.1 Å². The summed E-state index contributed by atoms with van der Waals surface area (Å²) >= 11 is 0. The Bertz CT molecular complexity index is 139. The first-order valence-corrected chi connectivity index (χ1v) is 4.62. The predicted octanol–water partition coefficient (Wildman–Crippen LogP) is 2.15. The first-order valence-electron chi connectivity index (χ1n) is 4.62. The van der Waals surface area contributed by atoms with Gasteiger partial charge in [0.1, 0.15) is 0 Å². The molecule has 4 heteroatoms. The van der Waals surface area contributed by atoms with Crippen molar-refractivity contribution in [1.29, 1.82) is 0 Å². The fourth-order valence-corrected chi connectivity index (χ4v) is 1.63. The van der Waals surface area contributed by atoms with E-state index in [9.17, 15) is 4.79 Å². The molecule has 0 heterocycles. The molecule has 0 saturated heterocycles. The number of carboxylic acids is 1. The van der Waals surface area contributed by atoms with Crippen LogP contribution >= 0.6 is 0 Å². The zero-order valence-electron chi connectivity index (χ0n) is 8.25. The standard InChI is InChI=1S/C9H18O4/c1-3-5-9(6-4-2,7-13-12)8(10)11/h12H,3-7H2,1-2H3,(H,10,11). The second-order valence-electron chi connectivity index (χ2n) is 3.36. The first-order chi connectivity index (χ1) is 6.13. The summed E-state index contributed by atoms with van der Waals surface area (Å²) in [7, 11) is 0. The van der Waals surface area contributed by atoms with Crippen molar-refractivity contribution >= 4 is 5.97 Å². The van der Waals surface area contributed by atoms with Crippen molar-refractivity contribution in [2.75, 3.05) is 6.61 Å². The van der Waals surface area contributed by atoms with E-state index in [-0.39, 0.29) is 6.61 Å². The Balaban J connectivity index is 4.48. The quantitative estimate of drug-likeness (QED) is 0.477. The van der Waals surface area contributed by atoms with Gasteiger partial charge < -0.3 is 5.11 Å². The molecule has 0 rings (SSSR count). The van der Waals surface area contributed by atoms with Gasteiger partial charge in [-0.1, -0.05) is 26.7 Å². The predicted molar refractivity (Wildman–Crippen MR) is 48.5 cm³/mol. The molecule has 0 radical (unpaired) electrons. The highest BCUT2D eigenvalue weighted by Gasteiger charge is 2.37. The molecular formula is C9H18O4. The van der Waals surface area contributed by atoms with Gasteiger partial charge >= 0.3 is 5.97 Å². The molecule has 0 unspecified atom stereocenters. The molecule has 0 saturated carbocycles. The Morgan fingerprint density at radius 3 is 2.00 bits per heavy atom. The summed E-state index contributed by atoms with van der Waals surface area (Å²) in [5, 5.41) is 17.4. The number of carbonyl (C=O) groups is 1. The maximum atomic E-state index is 11.0. The van der Waals surface area contributed by atoms with Gasteiger partial charge in [0.15, 0.2) is 0 Å². The molecule has 78 valence electrons. The van der Waals surface area contributed by atoms with Crippen LogP contribution in [0, 0.1) is 5.41 Å². The van der Waals surface area contributed by atoms with Crippen LogP contribution in [-0.2, 0) is 9.68 Å². The normalized spacial score (nSPS) is 11.6. The van der Waals surface area contributed by atoms with Crippen LogP contribution in [0.2, 0.25) is 0 Å². The number of hydrogen-bond donors (Lipinski definition) is 2. The van der Waals surface area contributed by atoms with E-state index in [1.165, 1.54) is 0 Å². The van der Waals surface area contributed by atoms with Crippen molar-refractivity contribution in [2.24, 2.45) is 5.41 Å². The largest absolute Gasteiger partial charge is 0.481 e. The lowest BCUT2D eigenvalue weighted by atomic mass is 9.80. The first kappa shape index (κ1) is 12.4. The number of hydrogen-bond acceptors (Lipinski definition) is 3. The van der Waals surface area contributed by atoms with E-state index in [2.05, 4.69) is 4.89 Å². The Labute approximate surface area is 78.5 Å². The van der Waals surface area contributed by atoms with Crippen molar-refractivity contribution in [1.82, 2.24) is 0 Å². The van der Waals surface area contributed by atoms with Crippen LogP contribution in [0.3, 0.4) is 0 Å². The van der Waals surface area contributed by atoms with Crippen molar-refractivity contribution in [3.63, 3.8) is 0 Å². The van der Waals surface area contributed by atoms with Crippen LogP contribution in [-0.4, -0.2) is 22.9 Å². The van der Waals surface area contributed by atoms with Crippen LogP contribution < -0.4 is 0 Å². The highest BCUT2D eigenvalue weighted by atomic mass is 17.1. The van der Waals surface area contributed by atoms with Gasteiger partial charge in [0.25, 0.3) is 0 Å². The smallest absolute Gasteiger partial charge is 0.312 e. The maximum Gasteiger partial charge on any atom is 0.312 e. The van der Waals surface area contributed by atoms with Gasteiger partial charge in [0.2, 0.25) is 0 Å². The van der Waals surface area contributed by atoms with Crippen LogP contribution in [0.15, 0.2) is 0 Å². The molecule has 13 heavy (non-hydrogen) atoms. The van der Waals surface area contributed by atoms with Gasteiger partial charge in [-0.2, -0.15) is 0 Å². The minimum absolute atomic E-state index is 0.121. The zero-order valence-corrected chi connectivity index (χ0v) is 8.25. The lowest BCUT2D eigenvalue weighted by Gasteiger charge is -2.26. The topological polar surface area (TPSA) is 66.8 Å². The van der Waals surface area contributed by atoms with Crippen molar-refractivity contribution < 1.29 is 20.0 Å². The van der Waals surface area contributed by atoms with Crippen LogP contribution in [0.1, 0.15) is 39.5 Å². The third-order valence-corrected chi connectivity index (χ3v) is 2.25. The third kappa shape index (κ3) is 3.32. The van der Waals surface area contributed by atoms with Crippen LogP contribution in [0.4, 0.5) is 0 Å². The lowest BCUT2D eigenvalue weighted by molar-refractivity contribution is -0.264. The minimum Gasteiger partial charge on any atom is -0.481 e. The highest BCUT2D eigenvalue weighted by Crippen LogP contribution is 2.30. The van der Waals surface area contributed by atoms with E-state index in [1.54, 1.807) is 0 Å². The molecule has 0 aliphatic heterocycles. The summed E-state index contributed by atoms with van der Waals surface area (Å²) in [6.07, 6.45) is 2.62. The summed E-state index contributed by atoms with van der Waals surface area (Å²) < 4.78 is 0. The Kier molecular flexibility index (Phi) is 5.66. The monoisotopic (exact) mass is 190 g/mol. The van der Waals surface area contributed by atoms with Gasteiger partial charge in [-0.15, -0.1) is 0 Å². The Hall–Kier alpha value is -0.610. The van der Waals surface area contributed by atoms with E-state index in [1.807, 2.05) is 13.8 Å². The number of rotatable bonds is 7. The summed E-state index contributed by atoms with van der Waals surface area (Å²) in [4.78, 5) is 15.0. The molecule has 0 bridgehead atoms. The zero-order chi connectivity index (χ0) is 10.3. The molecule has 0 aromatic carbocycles. The van der Waals surface area contributed by atoms with Crippen LogP contribution in [0.25, 0.3) is 0 Å². The average Bonchev–Trinajstić information content (AvgIpc) is 2.05. The van der Waals surface area contributed by atoms with Gasteiger partial charge in [-0.25, -0.2) is 4.89 Å². The fourth-order valence-electron chi connectivity index (χ4n) is 1.63. The second kappa shape index (κ2) is 5.94. The number of carboxylic acid groups (broad SMARTS) is 1. The van der Waals surface area contributed by atoms with E-state index in [0.29, 0.717) is 12.8 Å². The van der Waals surface area contributed by atoms with Crippen molar-refractivity contribution in [2.45, 2.75) is 39.5 Å². The summed E-state index contributed by atoms with van der Waals surface area (Å²) in [6, 6.07) is 0.